The van der Waals surface area contributed by atoms with Crippen LogP contribution < -0.4 is 10.6 Å². The highest BCUT2D eigenvalue weighted by Gasteiger charge is 2.42. The summed E-state index contributed by atoms with van der Waals surface area (Å²) in [5, 5.41) is 3.19. The van der Waals surface area contributed by atoms with Crippen LogP contribution in [0.3, 0.4) is 0 Å². The first-order chi connectivity index (χ1) is 15.1. The minimum absolute atomic E-state index is 0.0784. The average molecular weight is 517 g/mol. The number of hydrogen-bond acceptors (Lipinski definition) is 5. The Balaban J connectivity index is 2.48. The molecule has 0 unspecified atom stereocenters. The number of nitrogens with zero attached hydrogens (tertiary/aromatic N) is 1. The molecule has 33 heavy (non-hydrogen) atoms. The fourth-order valence-corrected chi connectivity index (χ4v) is 4.08. The van der Waals surface area contributed by atoms with Crippen LogP contribution in [0.25, 0.3) is 0 Å². The lowest BCUT2D eigenvalue weighted by Crippen LogP contribution is -2.24. The number of thiocarbonyl (C=S) groups is 1. The first-order valence-electron chi connectivity index (χ1n) is 8.57. The van der Waals surface area contributed by atoms with Gasteiger partial charge < -0.3 is 20.3 Å². The van der Waals surface area contributed by atoms with Crippen LogP contribution in [0.2, 0.25) is 0 Å². The van der Waals surface area contributed by atoms with E-state index >= 15 is 0 Å². The number of amides is 1. The number of ether oxygens (including phenoxy) is 1. The predicted octanol–water partition coefficient (Wildman–Crippen LogP) is 4.93. The molecule has 0 radical (unpaired) electrons. The third-order valence-corrected chi connectivity index (χ3v) is 5.55. The second-order valence-electron chi connectivity index (χ2n) is 6.53. The van der Waals surface area contributed by atoms with Crippen molar-refractivity contribution >= 4 is 51.2 Å². The number of esters is 1. The van der Waals surface area contributed by atoms with Gasteiger partial charge in [0.05, 0.1) is 17.6 Å². The van der Waals surface area contributed by atoms with Crippen LogP contribution in [0.5, 0.6) is 0 Å². The van der Waals surface area contributed by atoms with Gasteiger partial charge in [0.2, 0.25) is 0 Å². The summed E-state index contributed by atoms with van der Waals surface area (Å²) in [6.07, 6.45) is -5.70. The molecule has 6 nitrogen and oxygen atoms in total. The van der Waals surface area contributed by atoms with Crippen molar-refractivity contribution < 1.29 is 45.1 Å². The first kappa shape index (κ1) is 26.3. The van der Waals surface area contributed by atoms with Gasteiger partial charge in [0.25, 0.3) is 5.91 Å². The Bertz CT molecular complexity index is 1120. The van der Waals surface area contributed by atoms with Crippen molar-refractivity contribution in [3.8, 4) is 0 Å². The van der Waals surface area contributed by atoms with Crippen molar-refractivity contribution in [3.05, 3.63) is 44.8 Å². The van der Waals surface area contributed by atoms with Gasteiger partial charge in [-0.2, -0.15) is 13.2 Å². The number of methoxy groups -OCH3 is 1. The number of carbonyl (C=O) groups excluding carboxylic acids is 2. The molecule has 2 N–H and O–H groups in total. The molecule has 180 valence electrons. The summed E-state index contributed by atoms with van der Waals surface area (Å²) in [7, 11) is 3.93. The summed E-state index contributed by atoms with van der Waals surface area (Å²) < 4.78 is 98.6. The summed E-state index contributed by atoms with van der Waals surface area (Å²) in [5.41, 5.74) is -4.36. The number of carbonyl (C=O) groups is 2. The standard InChI is InChI=1S/C18H14F7N3O3S2/c1-5-6(16(30)31-4)14(33-13(5)15(29)28(2)3)27-17(32)26-12-10(21)8(19)7(18(23,24)25)9(20)11(12)22/h1-4H3,(H2,26,27,32). The van der Waals surface area contributed by atoms with E-state index in [0.29, 0.717) is 11.3 Å². The van der Waals surface area contributed by atoms with Crippen molar-refractivity contribution in [3.63, 3.8) is 0 Å². The highest BCUT2D eigenvalue weighted by Crippen LogP contribution is 2.39. The van der Waals surface area contributed by atoms with E-state index in [1.807, 2.05) is 0 Å². The number of benzene rings is 1. The molecule has 1 heterocycles. The molecule has 0 fully saturated rings. The van der Waals surface area contributed by atoms with Crippen LogP contribution >= 0.6 is 23.6 Å². The van der Waals surface area contributed by atoms with Gasteiger partial charge in [0.1, 0.15) is 16.3 Å². The van der Waals surface area contributed by atoms with E-state index in [-0.39, 0.29) is 21.0 Å². The molecule has 0 atom stereocenters. The first-order valence-corrected chi connectivity index (χ1v) is 9.80. The van der Waals surface area contributed by atoms with Crippen LogP contribution in [0, 0.1) is 30.2 Å². The van der Waals surface area contributed by atoms with E-state index in [4.69, 9.17) is 12.2 Å². The second-order valence-corrected chi connectivity index (χ2v) is 7.96. The van der Waals surface area contributed by atoms with Crippen LogP contribution in [-0.4, -0.2) is 43.1 Å². The quantitative estimate of drug-likeness (QED) is 0.260. The summed E-state index contributed by atoms with van der Waals surface area (Å²) in [4.78, 5) is 25.8. The Hall–Kier alpha value is -2.94. The maximum atomic E-state index is 14.1. The van der Waals surface area contributed by atoms with Crippen molar-refractivity contribution in [1.29, 1.82) is 0 Å². The number of thiophene rings is 1. The summed E-state index contributed by atoms with van der Waals surface area (Å²) in [6.45, 7) is 1.42. The fourth-order valence-electron chi connectivity index (χ4n) is 2.59. The Kier molecular flexibility index (Phi) is 7.58. The van der Waals surface area contributed by atoms with Gasteiger partial charge in [-0.05, 0) is 24.7 Å². The molecular weight excluding hydrogens is 503 g/mol. The number of alkyl halides is 3. The minimum atomic E-state index is -5.70. The fraction of sp³-hybridized carbons (Fsp3) is 0.278. The van der Waals surface area contributed by atoms with Crippen LogP contribution in [-0.2, 0) is 10.9 Å². The van der Waals surface area contributed by atoms with Gasteiger partial charge >= 0.3 is 12.1 Å². The summed E-state index contributed by atoms with van der Waals surface area (Å²) in [5.74, 6) is -11.5. The predicted molar refractivity (Wildman–Crippen MR) is 110 cm³/mol. The third-order valence-electron chi connectivity index (χ3n) is 4.15. The van der Waals surface area contributed by atoms with Crippen LogP contribution in [0.15, 0.2) is 0 Å². The molecule has 2 aromatic rings. The molecule has 0 bridgehead atoms. The molecule has 0 aliphatic heterocycles. The largest absolute Gasteiger partial charge is 0.465 e. The SMILES string of the molecule is COC(=O)c1c(NC(=S)Nc2c(F)c(F)c(C(F)(F)F)c(F)c2F)sc(C(=O)N(C)C)c1C. The second kappa shape index (κ2) is 9.51. The molecule has 15 heteroatoms. The topological polar surface area (TPSA) is 70.7 Å². The Morgan fingerprint density at radius 3 is 1.94 bits per heavy atom. The normalized spacial score (nSPS) is 11.2. The lowest BCUT2D eigenvalue weighted by molar-refractivity contribution is -0.143. The number of nitrogens with one attached hydrogen (secondary N) is 2. The monoisotopic (exact) mass is 517 g/mol. The number of halogens is 7. The van der Waals surface area contributed by atoms with Crippen LogP contribution in [0.1, 0.15) is 31.2 Å². The zero-order chi connectivity index (χ0) is 25.4. The van der Waals surface area contributed by atoms with E-state index in [1.165, 1.54) is 25.9 Å². The molecule has 0 saturated heterocycles. The Morgan fingerprint density at radius 1 is 1.00 bits per heavy atom. The van der Waals surface area contributed by atoms with E-state index in [1.54, 1.807) is 5.32 Å². The van der Waals surface area contributed by atoms with E-state index in [2.05, 4.69) is 10.1 Å². The van der Waals surface area contributed by atoms with Gasteiger partial charge in [-0.1, -0.05) is 0 Å². The molecule has 1 aromatic heterocycles. The van der Waals surface area contributed by atoms with E-state index in [9.17, 15) is 40.3 Å². The van der Waals surface area contributed by atoms with Gasteiger partial charge in [-0.3, -0.25) is 4.79 Å². The highest BCUT2D eigenvalue weighted by atomic mass is 32.1. The lowest BCUT2D eigenvalue weighted by Gasteiger charge is -2.16. The number of anilines is 2. The molecule has 1 aromatic carbocycles. The van der Waals surface area contributed by atoms with Gasteiger partial charge in [-0.25, -0.2) is 22.4 Å². The Morgan fingerprint density at radius 2 is 1.52 bits per heavy atom. The smallest absolute Gasteiger partial charge is 0.422 e. The zero-order valence-electron chi connectivity index (χ0n) is 17.1. The van der Waals surface area contributed by atoms with Crippen LogP contribution in [0.4, 0.5) is 41.4 Å². The van der Waals surface area contributed by atoms with Crippen molar-refractivity contribution in [1.82, 2.24) is 4.90 Å². The highest BCUT2D eigenvalue weighted by molar-refractivity contribution is 7.80. The molecule has 2 rings (SSSR count). The molecular formula is C18H14F7N3O3S2. The molecule has 0 spiro atoms. The maximum absolute atomic E-state index is 14.1. The number of hydrogen-bond donors (Lipinski definition) is 2. The van der Waals surface area contributed by atoms with Gasteiger partial charge in [-0.15, -0.1) is 11.3 Å². The minimum Gasteiger partial charge on any atom is -0.465 e. The molecule has 0 saturated carbocycles. The maximum Gasteiger partial charge on any atom is 0.422 e. The molecule has 1 amide bonds. The zero-order valence-corrected chi connectivity index (χ0v) is 18.8. The summed E-state index contributed by atoms with van der Waals surface area (Å²) in [6, 6.07) is 0. The molecule has 0 aliphatic rings. The van der Waals surface area contributed by atoms with E-state index < -0.39 is 57.7 Å². The van der Waals surface area contributed by atoms with Gasteiger partial charge in [0, 0.05) is 14.1 Å². The average Bonchev–Trinajstić information content (AvgIpc) is 3.03. The third kappa shape index (κ3) is 5.03. The van der Waals surface area contributed by atoms with Crippen molar-refractivity contribution in [2.45, 2.75) is 13.1 Å². The van der Waals surface area contributed by atoms with Crippen molar-refractivity contribution in [2.24, 2.45) is 0 Å². The number of rotatable bonds is 4. The summed E-state index contributed by atoms with van der Waals surface area (Å²) >= 11 is 5.53. The van der Waals surface area contributed by atoms with Gasteiger partial charge in [0.15, 0.2) is 28.4 Å². The molecule has 0 aliphatic carbocycles. The van der Waals surface area contributed by atoms with Crippen molar-refractivity contribution in [2.75, 3.05) is 31.8 Å². The Labute approximate surface area is 191 Å². The van der Waals surface area contributed by atoms with E-state index in [0.717, 1.165) is 7.11 Å². The lowest BCUT2D eigenvalue weighted by atomic mass is 10.1.